The van der Waals surface area contributed by atoms with E-state index in [0.717, 1.165) is 24.1 Å². The summed E-state index contributed by atoms with van der Waals surface area (Å²) in [6.45, 7) is 10.1. The molecule has 0 fully saturated rings. The molecule has 0 heterocycles. The quantitative estimate of drug-likeness (QED) is 0.696. The van der Waals surface area contributed by atoms with Crippen LogP contribution >= 0.6 is 0 Å². The molecule has 2 heteroatoms. The summed E-state index contributed by atoms with van der Waals surface area (Å²) in [5, 5.41) is 2.87. The average molecular weight is 307 g/mol. The van der Waals surface area contributed by atoms with Gasteiger partial charge in [0.25, 0.3) is 0 Å². The Hall–Kier alpha value is -2.35. The summed E-state index contributed by atoms with van der Waals surface area (Å²) in [4.78, 5) is 11.6. The van der Waals surface area contributed by atoms with Gasteiger partial charge in [0.2, 0.25) is 5.91 Å². The largest absolute Gasteiger partial charge is 0.323 e. The van der Waals surface area contributed by atoms with Crippen LogP contribution in [0.2, 0.25) is 0 Å². The fourth-order valence-electron chi connectivity index (χ4n) is 2.62. The minimum Gasteiger partial charge on any atom is -0.323 e. The Balaban J connectivity index is 2.39. The van der Waals surface area contributed by atoms with Gasteiger partial charge < -0.3 is 5.32 Å². The van der Waals surface area contributed by atoms with Crippen LogP contribution in [0.4, 0.5) is 5.69 Å². The molecule has 1 N–H and O–H groups in total. The number of nitrogens with one attached hydrogen (secondary N) is 1. The van der Waals surface area contributed by atoms with E-state index in [-0.39, 0.29) is 5.91 Å². The fourth-order valence-corrected chi connectivity index (χ4v) is 2.62. The van der Waals surface area contributed by atoms with Crippen molar-refractivity contribution in [3.8, 4) is 11.1 Å². The fraction of sp³-hybridized carbons (Fsp3) is 0.286. The Kier molecular flexibility index (Phi) is 5.75. The first-order valence-corrected chi connectivity index (χ1v) is 8.21. The number of carbonyl (C=O) groups is 1. The summed E-state index contributed by atoms with van der Waals surface area (Å²) in [5.74, 6) is 0.345. The van der Waals surface area contributed by atoms with Crippen molar-refractivity contribution >= 4 is 11.6 Å². The van der Waals surface area contributed by atoms with Gasteiger partial charge in [-0.2, -0.15) is 0 Å². The molecule has 0 bridgehead atoms. The first-order chi connectivity index (χ1) is 11.0. The van der Waals surface area contributed by atoms with Crippen molar-refractivity contribution in [2.75, 3.05) is 5.32 Å². The molecule has 2 aromatic rings. The van der Waals surface area contributed by atoms with E-state index < -0.39 is 0 Å². The number of carbonyl (C=O) groups excluding carboxylic acids is 1. The van der Waals surface area contributed by atoms with Crippen molar-refractivity contribution in [1.29, 1.82) is 0 Å². The van der Waals surface area contributed by atoms with E-state index >= 15 is 0 Å². The lowest BCUT2D eigenvalue weighted by molar-refractivity contribution is -0.111. The van der Waals surface area contributed by atoms with Crippen LogP contribution in [0, 0.1) is 0 Å². The van der Waals surface area contributed by atoms with Gasteiger partial charge in [-0.25, -0.2) is 0 Å². The normalized spacial score (nSPS) is 10.6. The van der Waals surface area contributed by atoms with Crippen LogP contribution in [0.1, 0.15) is 44.2 Å². The molecule has 0 atom stereocenters. The lowest BCUT2D eigenvalue weighted by Crippen LogP contribution is -2.07. The van der Waals surface area contributed by atoms with Gasteiger partial charge in [-0.1, -0.05) is 64.1 Å². The Morgan fingerprint density at radius 3 is 2.39 bits per heavy atom. The molecule has 0 radical (unpaired) electrons. The highest BCUT2D eigenvalue weighted by molar-refractivity contribution is 5.99. The highest BCUT2D eigenvalue weighted by Crippen LogP contribution is 2.27. The second kappa shape index (κ2) is 7.77. The van der Waals surface area contributed by atoms with E-state index in [1.54, 1.807) is 0 Å². The van der Waals surface area contributed by atoms with Gasteiger partial charge in [-0.15, -0.1) is 0 Å². The molecule has 1 amide bonds. The van der Waals surface area contributed by atoms with E-state index in [1.807, 2.05) is 12.1 Å². The number of aryl methyl sites for hydroxylation is 1. The zero-order chi connectivity index (χ0) is 16.8. The van der Waals surface area contributed by atoms with E-state index in [4.69, 9.17) is 0 Å². The van der Waals surface area contributed by atoms with Crippen molar-refractivity contribution in [2.45, 2.75) is 39.5 Å². The smallest absolute Gasteiger partial charge is 0.247 e. The second-order valence-corrected chi connectivity index (χ2v) is 6.14. The van der Waals surface area contributed by atoms with Gasteiger partial charge in [0.15, 0.2) is 0 Å². The second-order valence-electron chi connectivity index (χ2n) is 6.14. The van der Waals surface area contributed by atoms with Crippen LogP contribution in [-0.4, -0.2) is 5.91 Å². The summed E-state index contributed by atoms with van der Waals surface area (Å²) in [6, 6.07) is 14.9. The van der Waals surface area contributed by atoms with Crippen LogP contribution in [-0.2, 0) is 11.2 Å². The third-order valence-electron chi connectivity index (χ3n) is 3.90. The van der Waals surface area contributed by atoms with Gasteiger partial charge >= 0.3 is 0 Å². The summed E-state index contributed by atoms with van der Waals surface area (Å²) in [7, 11) is 0. The molecule has 120 valence electrons. The zero-order valence-electron chi connectivity index (χ0n) is 14.2. The van der Waals surface area contributed by atoms with Crippen molar-refractivity contribution in [2.24, 2.45) is 0 Å². The summed E-state index contributed by atoms with van der Waals surface area (Å²) < 4.78 is 0. The first kappa shape index (κ1) is 17.0. The van der Waals surface area contributed by atoms with Gasteiger partial charge in [-0.3, -0.25) is 4.79 Å². The van der Waals surface area contributed by atoms with E-state index in [1.165, 1.54) is 22.8 Å². The van der Waals surface area contributed by atoms with Gasteiger partial charge in [0.05, 0.1) is 0 Å². The van der Waals surface area contributed by atoms with Crippen molar-refractivity contribution < 1.29 is 4.79 Å². The molecule has 0 aromatic heterocycles. The van der Waals surface area contributed by atoms with Gasteiger partial charge in [0, 0.05) is 5.69 Å². The molecular formula is C21H25NO. The highest BCUT2D eigenvalue weighted by Gasteiger charge is 2.06. The number of hydrogen-bond donors (Lipinski definition) is 1. The number of benzene rings is 2. The summed E-state index contributed by atoms with van der Waals surface area (Å²) in [5.41, 5.74) is 5.69. The molecule has 2 nitrogen and oxygen atoms in total. The Labute approximate surface area is 139 Å². The topological polar surface area (TPSA) is 29.1 Å². The maximum Gasteiger partial charge on any atom is 0.247 e. The molecule has 0 unspecified atom stereocenters. The Bertz CT molecular complexity index is 683. The highest BCUT2D eigenvalue weighted by atomic mass is 16.1. The molecule has 2 aromatic carbocycles. The van der Waals surface area contributed by atoms with Gasteiger partial charge in [-0.05, 0) is 52.8 Å². The maximum absolute atomic E-state index is 11.6. The number of hydrogen-bond acceptors (Lipinski definition) is 1. The Morgan fingerprint density at radius 2 is 1.83 bits per heavy atom. The molecule has 0 saturated carbocycles. The van der Waals surface area contributed by atoms with E-state index in [9.17, 15) is 4.79 Å². The zero-order valence-corrected chi connectivity index (χ0v) is 14.2. The van der Waals surface area contributed by atoms with E-state index in [2.05, 4.69) is 63.0 Å². The van der Waals surface area contributed by atoms with Crippen LogP contribution in [0.5, 0.6) is 0 Å². The maximum atomic E-state index is 11.6. The molecule has 0 aliphatic rings. The van der Waals surface area contributed by atoms with Crippen LogP contribution < -0.4 is 5.32 Å². The molecule has 0 aliphatic carbocycles. The number of rotatable bonds is 6. The van der Waals surface area contributed by atoms with Crippen LogP contribution in [0.15, 0.2) is 55.1 Å². The standard InChI is InChI=1S/C21H25NO/c1-5-7-16-12-19(14-20(13-16)22-21(23)6-2)18-10-8-17(9-11-18)15(3)4/h6,8-15H,2,5,7H2,1,3-4H3,(H,22,23). The van der Waals surface area contributed by atoms with Crippen LogP contribution in [0.3, 0.4) is 0 Å². The molecule has 2 rings (SSSR count). The predicted molar refractivity (Wildman–Crippen MR) is 98.8 cm³/mol. The minimum absolute atomic E-state index is 0.181. The molecule has 0 aliphatic heterocycles. The van der Waals surface area contributed by atoms with E-state index in [0.29, 0.717) is 5.92 Å². The monoisotopic (exact) mass is 307 g/mol. The van der Waals surface area contributed by atoms with Gasteiger partial charge in [0.1, 0.15) is 0 Å². The predicted octanol–water partition coefficient (Wildman–Crippen LogP) is 5.55. The molecule has 0 saturated heterocycles. The Morgan fingerprint density at radius 1 is 1.13 bits per heavy atom. The van der Waals surface area contributed by atoms with Crippen LogP contribution in [0.25, 0.3) is 11.1 Å². The average Bonchev–Trinajstić information content (AvgIpc) is 2.55. The van der Waals surface area contributed by atoms with Crippen molar-refractivity contribution in [1.82, 2.24) is 0 Å². The van der Waals surface area contributed by atoms with Crippen molar-refractivity contribution in [3.05, 3.63) is 66.2 Å². The SMILES string of the molecule is C=CC(=O)Nc1cc(CCC)cc(-c2ccc(C(C)C)cc2)c1. The summed E-state index contributed by atoms with van der Waals surface area (Å²) in [6.07, 6.45) is 3.36. The first-order valence-electron chi connectivity index (χ1n) is 8.21. The van der Waals surface area contributed by atoms with Crippen molar-refractivity contribution in [3.63, 3.8) is 0 Å². The number of anilines is 1. The molecular weight excluding hydrogens is 282 g/mol. The molecule has 0 spiro atoms. The lowest BCUT2D eigenvalue weighted by atomic mass is 9.96. The number of amides is 1. The minimum atomic E-state index is -0.181. The third-order valence-corrected chi connectivity index (χ3v) is 3.90. The molecule has 23 heavy (non-hydrogen) atoms. The third kappa shape index (κ3) is 4.56. The lowest BCUT2D eigenvalue weighted by Gasteiger charge is -2.11. The summed E-state index contributed by atoms with van der Waals surface area (Å²) >= 11 is 0.